The van der Waals surface area contributed by atoms with Gasteiger partial charge in [0.25, 0.3) is 0 Å². The second-order valence-electron chi connectivity index (χ2n) is 5.32. The van der Waals surface area contributed by atoms with Gasteiger partial charge in [-0.05, 0) is 37.1 Å². The van der Waals surface area contributed by atoms with Crippen LogP contribution in [0, 0.1) is 0 Å². The summed E-state index contributed by atoms with van der Waals surface area (Å²) >= 11 is 12.1. The van der Waals surface area contributed by atoms with Crippen LogP contribution < -0.4 is 5.32 Å². The number of nitrogens with one attached hydrogen (secondary N) is 1. The summed E-state index contributed by atoms with van der Waals surface area (Å²) in [6, 6.07) is 5.61. The molecule has 1 aliphatic rings. The van der Waals surface area contributed by atoms with Crippen LogP contribution in [0.5, 0.6) is 0 Å². The highest BCUT2D eigenvalue weighted by Gasteiger charge is 2.20. The van der Waals surface area contributed by atoms with E-state index in [1.165, 1.54) is 19.3 Å². The van der Waals surface area contributed by atoms with E-state index in [0.717, 1.165) is 18.5 Å². The molecule has 3 rings (SSSR count). The van der Waals surface area contributed by atoms with Gasteiger partial charge in [0.05, 0.1) is 6.04 Å². The quantitative estimate of drug-likeness (QED) is 0.920. The van der Waals surface area contributed by atoms with Crippen molar-refractivity contribution in [2.45, 2.75) is 38.1 Å². The van der Waals surface area contributed by atoms with Gasteiger partial charge < -0.3 is 9.84 Å². The average Bonchev–Trinajstić information content (AvgIpc) is 2.75. The summed E-state index contributed by atoms with van der Waals surface area (Å²) in [6.07, 6.45) is 5.25. The van der Waals surface area contributed by atoms with E-state index in [9.17, 15) is 0 Å². The van der Waals surface area contributed by atoms with Gasteiger partial charge in [-0.1, -0.05) is 47.3 Å². The van der Waals surface area contributed by atoms with Crippen LogP contribution in [0.1, 0.15) is 49.0 Å². The zero-order valence-electron chi connectivity index (χ0n) is 11.6. The first-order valence-electron chi connectivity index (χ1n) is 7.22. The Labute approximate surface area is 133 Å². The van der Waals surface area contributed by atoms with Crippen molar-refractivity contribution in [2.75, 3.05) is 6.54 Å². The van der Waals surface area contributed by atoms with E-state index in [-0.39, 0.29) is 6.04 Å². The van der Waals surface area contributed by atoms with Crippen molar-refractivity contribution in [1.29, 1.82) is 0 Å². The second kappa shape index (κ2) is 6.77. The zero-order valence-corrected chi connectivity index (χ0v) is 13.1. The van der Waals surface area contributed by atoms with Gasteiger partial charge in [0, 0.05) is 16.5 Å². The van der Waals surface area contributed by atoms with E-state index in [1.54, 1.807) is 6.07 Å². The van der Waals surface area contributed by atoms with Crippen LogP contribution in [0.3, 0.4) is 0 Å². The molecule has 0 amide bonds. The first-order valence-corrected chi connectivity index (χ1v) is 7.98. The molecule has 2 aromatic rings. The lowest BCUT2D eigenvalue weighted by atomic mass is 10.1. The monoisotopic (exact) mass is 325 g/mol. The Balaban J connectivity index is 1.72. The third-order valence-electron chi connectivity index (χ3n) is 3.71. The topological polar surface area (TPSA) is 51.0 Å². The maximum Gasteiger partial charge on any atom is 0.243 e. The maximum atomic E-state index is 6.17. The van der Waals surface area contributed by atoms with Gasteiger partial charge in [0.2, 0.25) is 5.89 Å². The van der Waals surface area contributed by atoms with Crippen LogP contribution in [0.2, 0.25) is 10.0 Å². The van der Waals surface area contributed by atoms with Gasteiger partial charge in [-0.2, -0.15) is 4.98 Å². The number of nitrogens with zero attached hydrogens (tertiary/aromatic N) is 2. The molecule has 1 N–H and O–H groups in total. The fourth-order valence-electron chi connectivity index (χ4n) is 2.56. The molecule has 1 fully saturated rings. The van der Waals surface area contributed by atoms with Gasteiger partial charge >= 0.3 is 0 Å². The molecule has 112 valence electrons. The van der Waals surface area contributed by atoms with Crippen LogP contribution in [-0.4, -0.2) is 16.7 Å². The standard InChI is InChI=1S/C15H17Cl2N3O/c16-11-6-5-10(12(17)9-11)8-14-19-15(21-20-14)13-4-2-1-3-7-18-13/h5-6,9,13,18H,1-4,7-8H2. The first-order chi connectivity index (χ1) is 10.2. The second-order valence-corrected chi connectivity index (χ2v) is 6.16. The SMILES string of the molecule is Clc1ccc(Cc2noc(C3CCCCCN3)n2)c(Cl)c1. The number of halogens is 2. The van der Waals surface area contributed by atoms with Crippen molar-refractivity contribution in [2.24, 2.45) is 0 Å². The van der Waals surface area contributed by atoms with E-state index < -0.39 is 0 Å². The molecule has 1 aromatic heterocycles. The predicted molar refractivity (Wildman–Crippen MR) is 82.8 cm³/mol. The van der Waals surface area contributed by atoms with Gasteiger partial charge in [0.1, 0.15) is 0 Å². The van der Waals surface area contributed by atoms with Crippen LogP contribution in [0.15, 0.2) is 22.7 Å². The molecule has 1 saturated heterocycles. The molecule has 1 unspecified atom stereocenters. The predicted octanol–water partition coefficient (Wildman–Crippen LogP) is 4.17. The Kier molecular flexibility index (Phi) is 4.78. The highest BCUT2D eigenvalue weighted by atomic mass is 35.5. The van der Waals surface area contributed by atoms with Gasteiger partial charge in [-0.15, -0.1) is 0 Å². The third-order valence-corrected chi connectivity index (χ3v) is 4.29. The summed E-state index contributed by atoms with van der Waals surface area (Å²) in [6.45, 7) is 1.01. The lowest BCUT2D eigenvalue weighted by molar-refractivity contribution is 0.325. The minimum Gasteiger partial charge on any atom is -0.338 e. The molecule has 2 heterocycles. The lowest BCUT2D eigenvalue weighted by Crippen LogP contribution is -2.20. The summed E-state index contributed by atoms with van der Waals surface area (Å²) in [7, 11) is 0. The Hall–Kier alpha value is -1.10. The van der Waals surface area contributed by atoms with Crippen LogP contribution in [-0.2, 0) is 6.42 Å². The van der Waals surface area contributed by atoms with Crippen LogP contribution in [0.4, 0.5) is 0 Å². The van der Waals surface area contributed by atoms with E-state index in [0.29, 0.717) is 28.2 Å². The fourth-order valence-corrected chi connectivity index (χ4v) is 3.03. The zero-order chi connectivity index (χ0) is 14.7. The van der Waals surface area contributed by atoms with Crippen molar-refractivity contribution in [3.63, 3.8) is 0 Å². The highest BCUT2D eigenvalue weighted by molar-refractivity contribution is 6.35. The largest absolute Gasteiger partial charge is 0.338 e. The molecule has 0 spiro atoms. The van der Waals surface area contributed by atoms with Gasteiger partial charge in [-0.25, -0.2) is 0 Å². The van der Waals surface area contributed by atoms with Crippen molar-refractivity contribution >= 4 is 23.2 Å². The fraction of sp³-hybridized carbons (Fsp3) is 0.467. The molecule has 6 heteroatoms. The van der Waals surface area contributed by atoms with E-state index in [1.807, 2.05) is 12.1 Å². The summed E-state index contributed by atoms with van der Waals surface area (Å²) in [5, 5.41) is 8.77. The summed E-state index contributed by atoms with van der Waals surface area (Å²) in [5.41, 5.74) is 0.947. The first kappa shape index (κ1) is 14.8. The Morgan fingerprint density at radius 1 is 1.24 bits per heavy atom. The minimum atomic E-state index is 0.175. The number of aromatic nitrogens is 2. The molecular weight excluding hydrogens is 309 g/mol. The molecule has 1 aromatic carbocycles. The molecular formula is C15H17Cl2N3O. The molecule has 1 atom stereocenters. The molecule has 0 aliphatic carbocycles. The summed E-state index contributed by atoms with van der Waals surface area (Å²) in [4.78, 5) is 4.50. The lowest BCUT2D eigenvalue weighted by Gasteiger charge is -2.09. The maximum absolute atomic E-state index is 6.17. The minimum absolute atomic E-state index is 0.175. The van der Waals surface area contributed by atoms with E-state index in [2.05, 4.69) is 15.5 Å². The number of rotatable bonds is 3. The van der Waals surface area contributed by atoms with E-state index in [4.69, 9.17) is 27.7 Å². The van der Waals surface area contributed by atoms with Crippen molar-refractivity contribution in [3.05, 3.63) is 45.5 Å². The highest BCUT2D eigenvalue weighted by Crippen LogP contribution is 2.24. The Morgan fingerprint density at radius 2 is 2.14 bits per heavy atom. The molecule has 4 nitrogen and oxygen atoms in total. The number of benzene rings is 1. The summed E-state index contributed by atoms with van der Waals surface area (Å²) in [5.74, 6) is 1.33. The Morgan fingerprint density at radius 3 is 3.00 bits per heavy atom. The third kappa shape index (κ3) is 3.76. The molecule has 21 heavy (non-hydrogen) atoms. The van der Waals surface area contributed by atoms with E-state index >= 15 is 0 Å². The van der Waals surface area contributed by atoms with Gasteiger partial charge in [0.15, 0.2) is 5.82 Å². The van der Waals surface area contributed by atoms with Crippen molar-refractivity contribution < 1.29 is 4.52 Å². The van der Waals surface area contributed by atoms with Crippen LogP contribution in [0.25, 0.3) is 0 Å². The van der Waals surface area contributed by atoms with Crippen LogP contribution >= 0.6 is 23.2 Å². The summed E-state index contributed by atoms with van der Waals surface area (Å²) < 4.78 is 5.40. The molecule has 1 aliphatic heterocycles. The number of hydrogen-bond donors (Lipinski definition) is 1. The van der Waals surface area contributed by atoms with Crippen molar-refractivity contribution in [3.8, 4) is 0 Å². The van der Waals surface area contributed by atoms with Gasteiger partial charge in [-0.3, -0.25) is 0 Å². The molecule has 0 saturated carbocycles. The number of hydrogen-bond acceptors (Lipinski definition) is 4. The smallest absolute Gasteiger partial charge is 0.243 e. The Bertz CT molecular complexity index is 607. The van der Waals surface area contributed by atoms with Crippen molar-refractivity contribution in [1.82, 2.24) is 15.5 Å². The normalized spacial score (nSPS) is 19.4. The molecule has 0 radical (unpaired) electrons. The average molecular weight is 326 g/mol. The molecule has 0 bridgehead atoms.